The van der Waals surface area contributed by atoms with Crippen molar-refractivity contribution in [2.45, 2.75) is 37.3 Å². The molecule has 11 heteroatoms. The molecule has 2 aromatic rings. The number of halogens is 4. The highest BCUT2D eigenvalue weighted by molar-refractivity contribution is 7.92. The van der Waals surface area contributed by atoms with Crippen LogP contribution in [0.15, 0.2) is 42.5 Å². The van der Waals surface area contributed by atoms with Crippen molar-refractivity contribution in [1.29, 1.82) is 5.26 Å². The Morgan fingerprint density at radius 2 is 1.66 bits per heavy atom. The minimum atomic E-state index is -4.89. The fourth-order valence-corrected chi connectivity index (χ4v) is 3.97. The quantitative estimate of drug-likeness (QED) is 0.645. The third-order valence-corrected chi connectivity index (χ3v) is 7.40. The van der Waals surface area contributed by atoms with Crippen molar-refractivity contribution in [2.75, 3.05) is 11.1 Å². The number of sulfone groups is 1. The highest BCUT2D eigenvalue weighted by Crippen LogP contribution is 2.35. The zero-order chi connectivity index (χ0) is 24.5. The number of benzene rings is 2. The summed E-state index contributed by atoms with van der Waals surface area (Å²) >= 11 is 0. The molecule has 0 saturated heterocycles. The summed E-state index contributed by atoms with van der Waals surface area (Å²) in [4.78, 5) is 13.0. The molecule has 0 heterocycles. The van der Waals surface area contributed by atoms with Gasteiger partial charge in [0.05, 0.1) is 27.7 Å². The van der Waals surface area contributed by atoms with Crippen LogP contribution < -0.4 is 5.32 Å². The van der Waals surface area contributed by atoms with Gasteiger partial charge in [0, 0.05) is 5.69 Å². The van der Waals surface area contributed by atoms with Crippen molar-refractivity contribution in [3.63, 3.8) is 0 Å². The average molecular weight is 472 g/mol. The average Bonchev–Trinajstić information content (AvgIpc) is 2.66. The van der Waals surface area contributed by atoms with Crippen molar-refractivity contribution in [3.8, 4) is 6.07 Å². The van der Waals surface area contributed by atoms with Crippen LogP contribution in [0.5, 0.6) is 0 Å². The molecular weight excluding hydrogens is 452 g/mol. The maximum absolute atomic E-state index is 13.3. The number of aliphatic hydroxyl groups is 1. The van der Waals surface area contributed by atoms with Crippen molar-refractivity contribution in [3.05, 3.63) is 65.0 Å². The van der Waals surface area contributed by atoms with Crippen LogP contribution in [0.1, 0.15) is 37.5 Å². The molecule has 0 bridgehead atoms. The highest BCUT2D eigenvalue weighted by atomic mass is 32.2. The molecule has 172 valence electrons. The van der Waals surface area contributed by atoms with E-state index < -0.39 is 60.7 Å². The number of hydrogen-bond donors (Lipinski definition) is 2. The number of alkyl halides is 3. The highest BCUT2D eigenvalue weighted by Gasteiger charge is 2.46. The van der Waals surface area contributed by atoms with Gasteiger partial charge in [-0.3, -0.25) is 4.79 Å². The number of rotatable bonds is 5. The fourth-order valence-electron chi connectivity index (χ4n) is 2.69. The van der Waals surface area contributed by atoms with E-state index in [9.17, 15) is 35.9 Å². The molecule has 0 fully saturated rings. The van der Waals surface area contributed by atoms with E-state index in [2.05, 4.69) is 5.32 Å². The summed E-state index contributed by atoms with van der Waals surface area (Å²) < 4.78 is 77.1. The first-order valence-electron chi connectivity index (χ1n) is 9.15. The number of nitrogens with one attached hydrogen (secondary N) is 1. The van der Waals surface area contributed by atoms with E-state index in [1.807, 2.05) is 0 Å². The molecule has 0 radical (unpaired) electrons. The van der Waals surface area contributed by atoms with Gasteiger partial charge >= 0.3 is 6.18 Å². The molecule has 1 atom stereocenters. The van der Waals surface area contributed by atoms with Gasteiger partial charge in [-0.15, -0.1) is 0 Å². The lowest BCUT2D eigenvalue weighted by molar-refractivity contribution is -0.138. The van der Waals surface area contributed by atoms with Gasteiger partial charge in [0.15, 0.2) is 15.4 Å². The normalized spacial score (nSPS) is 14.3. The Kier molecular flexibility index (Phi) is 6.73. The molecule has 0 spiro atoms. The van der Waals surface area contributed by atoms with Gasteiger partial charge in [-0.1, -0.05) is 12.1 Å². The molecule has 0 aromatic heterocycles. The monoisotopic (exact) mass is 472 g/mol. The molecule has 2 rings (SSSR count). The number of hydrogen-bond acceptors (Lipinski definition) is 5. The number of nitrogens with zero attached hydrogens (tertiary/aromatic N) is 1. The van der Waals surface area contributed by atoms with E-state index >= 15 is 0 Å². The van der Waals surface area contributed by atoms with Gasteiger partial charge in [-0.2, -0.15) is 18.4 Å². The molecule has 32 heavy (non-hydrogen) atoms. The van der Waals surface area contributed by atoms with E-state index in [-0.39, 0.29) is 5.56 Å². The van der Waals surface area contributed by atoms with Gasteiger partial charge < -0.3 is 10.4 Å². The second kappa shape index (κ2) is 8.52. The van der Waals surface area contributed by atoms with Crippen LogP contribution in [0.4, 0.5) is 23.2 Å². The van der Waals surface area contributed by atoms with Crippen molar-refractivity contribution in [2.24, 2.45) is 0 Å². The Morgan fingerprint density at radius 3 is 2.12 bits per heavy atom. The summed E-state index contributed by atoms with van der Waals surface area (Å²) in [6, 6.07) is 7.56. The van der Waals surface area contributed by atoms with Crippen LogP contribution >= 0.6 is 0 Å². The van der Waals surface area contributed by atoms with Crippen molar-refractivity contribution >= 4 is 21.4 Å². The van der Waals surface area contributed by atoms with Gasteiger partial charge in [0.2, 0.25) is 0 Å². The Hall–Kier alpha value is -2.97. The van der Waals surface area contributed by atoms with Crippen LogP contribution in [0.25, 0.3) is 0 Å². The molecule has 2 aromatic carbocycles. The Balaban J connectivity index is 2.55. The number of carbonyl (C=O) groups excluding carboxylic acids is 1. The lowest BCUT2D eigenvalue weighted by Crippen LogP contribution is -2.49. The number of anilines is 1. The Morgan fingerprint density at radius 1 is 1.09 bits per heavy atom. The minimum absolute atomic E-state index is 0.270. The first-order chi connectivity index (χ1) is 14.5. The lowest BCUT2D eigenvalue weighted by atomic mass is 9.94. The zero-order valence-corrected chi connectivity index (χ0v) is 18.1. The van der Waals surface area contributed by atoms with Gasteiger partial charge in [-0.05, 0) is 56.7 Å². The van der Waals surface area contributed by atoms with Crippen LogP contribution in [-0.4, -0.2) is 29.9 Å². The third-order valence-electron chi connectivity index (χ3n) is 4.73. The van der Waals surface area contributed by atoms with Crippen LogP contribution in [0, 0.1) is 17.1 Å². The fraction of sp³-hybridized carbons (Fsp3) is 0.333. The second-order valence-electron chi connectivity index (χ2n) is 8.06. The standard InChI is InChI=1S/C21H20F4N2O4S/c1-19(2,3)32(30,31)12-20(29,14-5-7-15(22)8-6-14)18(28)27-16-9-4-13(11-26)17(10-16)21(23,24)25/h4-10,29H,12H2,1-3H3,(H,27,28). The summed E-state index contributed by atoms with van der Waals surface area (Å²) in [6.45, 7) is 4.05. The minimum Gasteiger partial charge on any atom is -0.374 e. The van der Waals surface area contributed by atoms with E-state index in [4.69, 9.17) is 5.26 Å². The zero-order valence-electron chi connectivity index (χ0n) is 17.3. The predicted octanol–water partition coefficient (Wildman–Crippen LogP) is 3.76. The summed E-state index contributed by atoms with van der Waals surface area (Å²) in [5.41, 5.74) is -5.43. The number of nitriles is 1. The van der Waals surface area contributed by atoms with Crippen molar-refractivity contribution in [1.82, 2.24) is 0 Å². The molecule has 1 unspecified atom stereocenters. The molecule has 0 aliphatic heterocycles. The third kappa shape index (κ3) is 5.26. The first kappa shape index (κ1) is 25.3. The summed E-state index contributed by atoms with van der Waals surface area (Å²) in [7, 11) is -4.12. The molecule has 2 N–H and O–H groups in total. The molecular formula is C21H20F4N2O4S. The first-order valence-corrected chi connectivity index (χ1v) is 10.8. The molecule has 1 amide bonds. The van der Waals surface area contributed by atoms with E-state index in [0.717, 1.165) is 36.4 Å². The van der Waals surface area contributed by atoms with E-state index in [1.165, 1.54) is 26.8 Å². The second-order valence-corrected chi connectivity index (χ2v) is 10.8. The van der Waals surface area contributed by atoms with Crippen LogP contribution in [0.3, 0.4) is 0 Å². The largest absolute Gasteiger partial charge is 0.417 e. The lowest BCUT2D eigenvalue weighted by Gasteiger charge is -2.30. The van der Waals surface area contributed by atoms with Crippen LogP contribution in [-0.2, 0) is 26.4 Å². The maximum atomic E-state index is 13.3. The molecule has 6 nitrogen and oxygen atoms in total. The summed E-state index contributed by atoms with van der Waals surface area (Å²) in [5.74, 6) is -3.16. The Bertz CT molecular complexity index is 1160. The molecule has 0 aliphatic rings. The number of carbonyl (C=O) groups is 1. The SMILES string of the molecule is CC(C)(C)S(=O)(=O)CC(O)(C(=O)Nc1ccc(C#N)c(C(F)(F)F)c1)c1ccc(F)cc1. The molecule has 0 saturated carbocycles. The van der Waals surface area contributed by atoms with E-state index in [1.54, 1.807) is 0 Å². The molecule has 0 aliphatic carbocycles. The van der Waals surface area contributed by atoms with Gasteiger partial charge in [0.1, 0.15) is 5.82 Å². The van der Waals surface area contributed by atoms with Crippen molar-refractivity contribution < 1.29 is 35.9 Å². The number of amides is 1. The smallest absolute Gasteiger partial charge is 0.374 e. The van der Waals surface area contributed by atoms with E-state index in [0.29, 0.717) is 6.07 Å². The maximum Gasteiger partial charge on any atom is 0.417 e. The summed E-state index contributed by atoms with van der Waals surface area (Å²) in [6.07, 6.45) is -4.89. The van der Waals surface area contributed by atoms with Gasteiger partial charge in [0.25, 0.3) is 5.91 Å². The van der Waals surface area contributed by atoms with Crippen LogP contribution in [0.2, 0.25) is 0 Å². The summed E-state index contributed by atoms with van der Waals surface area (Å²) in [5, 5.41) is 22.1. The Labute approximate surface area is 182 Å². The topological polar surface area (TPSA) is 107 Å². The van der Waals surface area contributed by atoms with Gasteiger partial charge in [-0.25, -0.2) is 12.8 Å². The predicted molar refractivity (Wildman–Crippen MR) is 109 cm³/mol.